The second kappa shape index (κ2) is 8.32. The molecule has 0 aliphatic heterocycles. The molecule has 6 nitrogen and oxygen atoms in total. The fourth-order valence-electron chi connectivity index (χ4n) is 1.13. The van der Waals surface area contributed by atoms with Crippen molar-refractivity contribution in [1.82, 2.24) is 0 Å². The predicted molar refractivity (Wildman–Crippen MR) is 65.2 cm³/mol. The largest absolute Gasteiger partial charge is 0.482 e. The van der Waals surface area contributed by atoms with Crippen molar-refractivity contribution in [2.75, 3.05) is 38.8 Å². The molecule has 0 amide bonds. The molecule has 0 saturated heterocycles. The lowest BCUT2D eigenvalue weighted by Gasteiger charge is -2.07. The first-order valence-electron chi connectivity index (χ1n) is 5.55. The highest BCUT2D eigenvalue weighted by molar-refractivity contribution is 5.71. The van der Waals surface area contributed by atoms with Crippen molar-refractivity contribution in [3.63, 3.8) is 0 Å². The van der Waals surface area contributed by atoms with Crippen LogP contribution in [0, 0.1) is 0 Å². The van der Waals surface area contributed by atoms with Gasteiger partial charge in [-0.15, -0.1) is 0 Å². The maximum atomic E-state index is 11.2. The van der Waals surface area contributed by atoms with Gasteiger partial charge in [-0.05, 0) is 24.3 Å². The van der Waals surface area contributed by atoms with Gasteiger partial charge in [-0.2, -0.15) is 0 Å². The maximum absolute atomic E-state index is 11.2. The number of ether oxygens (including phenoxy) is 3. The molecule has 18 heavy (non-hydrogen) atoms. The number of nitrogens with two attached hydrogens (primary N) is 1. The summed E-state index contributed by atoms with van der Waals surface area (Å²) in [6, 6.07) is 6.72. The molecule has 3 N–H and O–H groups in total. The molecule has 1 aromatic carbocycles. The van der Waals surface area contributed by atoms with E-state index in [1.54, 1.807) is 24.3 Å². The van der Waals surface area contributed by atoms with Crippen LogP contribution in [-0.2, 0) is 14.3 Å². The zero-order valence-electron chi connectivity index (χ0n) is 10.0. The first kappa shape index (κ1) is 14.3. The third-order valence-electron chi connectivity index (χ3n) is 1.96. The van der Waals surface area contributed by atoms with E-state index in [1.807, 2.05) is 0 Å². The lowest BCUT2D eigenvalue weighted by Crippen LogP contribution is -2.18. The van der Waals surface area contributed by atoms with Crippen molar-refractivity contribution in [2.24, 2.45) is 0 Å². The monoisotopic (exact) mass is 255 g/mol. The predicted octanol–water partition coefficient (Wildman–Crippen LogP) is 0.200. The van der Waals surface area contributed by atoms with Crippen molar-refractivity contribution in [3.05, 3.63) is 24.3 Å². The molecule has 1 rings (SSSR count). The number of benzene rings is 1. The summed E-state index contributed by atoms with van der Waals surface area (Å²) < 4.78 is 15.0. The number of carbonyl (C=O) groups excluding carboxylic acids is 1. The van der Waals surface area contributed by atoms with E-state index in [9.17, 15) is 4.79 Å². The first-order valence-corrected chi connectivity index (χ1v) is 5.55. The summed E-state index contributed by atoms with van der Waals surface area (Å²) in [5.41, 5.74) is 6.14. The van der Waals surface area contributed by atoms with Crippen LogP contribution in [0.2, 0.25) is 0 Å². The summed E-state index contributed by atoms with van der Waals surface area (Å²) in [7, 11) is 0. The van der Waals surface area contributed by atoms with Crippen LogP contribution in [0.4, 0.5) is 5.69 Å². The van der Waals surface area contributed by atoms with Crippen LogP contribution in [0.15, 0.2) is 24.3 Å². The molecule has 100 valence electrons. The van der Waals surface area contributed by atoms with Crippen LogP contribution >= 0.6 is 0 Å². The average molecular weight is 255 g/mol. The van der Waals surface area contributed by atoms with E-state index in [0.717, 1.165) is 0 Å². The van der Waals surface area contributed by atoms with E-state index in [-0.39, 0.29) is 33.0 Å². The Bertz CT molecular complexity index is 352. The lowest BCUT2D eigenvalue weighted by molar-refractivity contribution is -0.147. The Labute approximate surface area is 105 Å². The summed E-state index contributed by atoms with van der Waals surface area (Å²) in [4.78, 5) is 11.2. The van der Waals surface area contributed by atoms with E-state index in [2.05, 4.69) is 0 Å². The zero-order chi connectivity index (χ0) is 13.2. The summed E-state index contributed by atoms with van der Waals surface area (Å²) in [5, 5.41) is 8.44. The highest BCUT2D eigenvalue weighted by Crippen LogP contribution is 2.12. The van der Waals surface area contributed by atoms with Gasteiger partial charge in [0, 0.05) is 5.69 Å². The normalized spacial score (nSPS) is 10.1. The quantitative estimate of drug-likeness (QED) is 0.392. The van der Waals surface area contributed by atoms with Gasteiger partial charge in [0.2, 0.25) is 0 Å². The summed E-state index contributed by atoms with van der Waals surface area (Å²) in [6.07, 6.45) is 0. The molecule has 0 atom stereocenters. The molecule has 0 aliphatic rings. The maximum Gasteiger partial charge on any atom is 0.344 e. The highest BCUT2D eigenvalue weighted by atomic mass is 16.6. The van der Waals surface area contributed by atoms with Gasteiger partial charge < -0.3 is 25.1 Å². The van der Waals surface area contributed by atoms with E-state index in [1.165, 1.54) is 0 Å². The molecular weight excluding hydrogens is 238 g/mol. The number of hydrogen-bond acceptors (Lipinski definition) is 6. The van der Waals surface area contributed by atoms with Crippen LogP contribution in [0.3, 0.4) is 0 Å². The van der Waals surface area contributed by atoms with E-state index >= 15 is 0 Å². The number of esters is 1. The van der Waals surface area contributed by atoms with Crippen LogP contribution in [0.25, 0.3) is 0 Å². The Morgan fingerprint density at radius 2 is 1.89 bits per heavy atom. The Kier molecular flexibility index (Phi) is 6.60. The molecule has 0 unspecified atom stereocenters. The standard InChI is InChI=1S/C12H17NO5/c13-10-1-3-11(4-2-10)18-9-12(15)17-8-7-16-6-5-14/h1-4,14H,5-9,13H2. The molecular formula is C12H17NO5. The highest BCUT2D eigenvalue weighted by Gasteiger charge is 2.03. The molecule has 0 spiro atoms. The van der Waals surface area contributed by atoms with Gasteiger partial charge in [0.25, 0.3) is 0 Å². The first-order chi connectivity index (χ1) is 8.72. The molecule has 0 radical (unpaired) electrons. The molecule has 0 bridgehead atoms. The number of rotatable bonds is 8. The number of carbonyl (C=O) groups is 1. The Morgan fingerprint density at radius 3 is 2.56 bits per heavy atom. The smallest absolute Gasteiger partial charge is 0.344 e. The van der Waals surface area contributed by atoms with Crippen LogP contribution in [0.1, 0.15) is 0 Å². The second-order valence-electron chi connectivity index (χ2n) is 3.41. The molecule has 0 aliphatic carbocycles. The van der Waals surface area contributed by atoms with E-state index < -0.39 is 5.97 Å². The van der Waals surface area contributed by atoms with Crippen molar-refractivity contribution in [2.45, 2.75) is 0 Å². The van der Waals surface area contributed by atoms with Gasteiger partial charge >= 0.3 is 5.97 Å². The SMILES string of the molecule is Nc1ccc(OCC(=O)OCCOCCO)cc1. The number of aliphatic hydroxyl groups is 1. The number of anilines is 1. The van der Waals surface area contributed by atoms with Crippen molar-refractivity contribution in [3.8, 4) is 5.75 Å². The molecule has 1 aromatic rings. The summed E-state index contributed by atoms with van der Waals surface area (Å²) in [6.45, 7) is 0.426. The lowest BCUT2D eigenvalue weighted by atomic mass is 10.3. The molecule has 0 aromatic heterocycles. The van der Waals surface area contributed by atoms with Crippen LogP contribution in [-0.4, -0.2) is 44.1 Å². The minimum Gasteiger partial charge on any atom is -0.482 e. The van der Waals surface area contributed by atoms with Gasteiger partial charge in [0.15, 0.2) is 6.61 Å². The molecule has 0 heterocycles. The zero-order valence-corrected chi connectivity index (χ0v) is 10.0. The molecule has 0 fully saturated rings. The topological polar surface area (TPSA) is 91.0 Å². The van der Waals surface area contributed by atoms with Gasteiger partial charge in [-0.3, -0.25) is 0 Å². The third kappa shape index (κ3) is 6.07. The van der Waals surface area contributed by atoms with Gasteiger partial charge in [0.05, 0.1) is 19.8 Å². The van der Waals surface area contributed by atoms with Gasteiger partial charge in [-0.1, -0.05) is 0 Å². The fourth-order valence-corrected chi connectivity index (χ4v) is 1.13. The average Bonchev–Trinajstić information content (AvgIpc) is 2.38. The number of nitrogen functional groups attached to an aromatic ring is 1. The van der Waals surface area contributed by atoms with Crippen molar-refractivity contribution >= 4 is 11.7 Å². The fraction of sp³-hybridized carbons (Fsp3) is 0.417. The second-order valence-corrected chi connectivity index (χ2v) is 3.41. The number of aliphatic hydroxyl groups excluding tert-OH is 1. The van der Waals surface area contributed by atoms with Gasteiger partial charge in [0.1, 0.15) is 12.4 Å². The van der Waals surface area contributed by atoms with E-state index in [4.69, 9.17) is 25.1 Å². The Morgan fingerprint density at radius 1 is 1.17 bits per heavy atom. The molecule has 6 heteroatoms. The van der Waals surface area contributed by atoms with Crippen LogP contribution < -0.4 is 10.5 Å². The Balaban J connectivity index is 2.11. The number of hydrogen-bond donors (Lipinski definition) is 2. The van der Waals surface area contributed by atoms with Crippen molar-refractivity contribution in [1.29, 1.82) is 0 Å². The van der Waals surface area contributed by atoms with Crippen LogP contribution in [0.5, 0.6) is 5.75 Å². The Hall–Kier alpha value is -1.79. The molecule has 0 saturated carbocycles. The summed E-state index contributed by atoms with van der Waals surface area (Å²) >= 11 is 0. The van der Waals surface area contributed by atoms with Crippen molar-refractivity contribution < 1.29 is 24.1 Å². The minimum atomic E-state index is -0.473. The summed E-state index contributed by atoms with van der Waals surface area (Å²) in [5.74, 6) is 0.0807. The van der Waals surface area contributed by atoms with E-state index in [0.29, 0.717) is 11.4 Å². The van der Waals surface area contributed by atoms with Gasteiger partial charge in [-0.25, -0.2) is 4.79 Å². The third-order valence-corrected chi connectivity index (χ3v) is 1.96. The minimum absolute atomic E-state index is 0.0474.